The molecule has 0 aliphatic carbocycles. The van der Waals surface area contributed by atoms with E-state index in [4.69, 9.17) is 25.8 Å². The largest absolute Gasteiger partial charge is 0.467 e. The number of hydrogen-bond acceptors (Lipinski definition) is 5. The normalized spacial score (nSPS) is 24.7. The molecule has 1 atom stereocenters. The number of hydrogen-bond donors (Lipinski definition) is 1. The summed E-state index contributed by atoms with van der Waals surface area (Å²) >= 11 is 6.23. The quantitative estimate of drug-likeness (QED) is 0.788. The van der Waals surface area contributed by atoms with Gasteiger partial charge < -0.3 is 19.5 Å². The predicted octanol–water partition coefficient (Wildman–Crippen LogP) is 2.40. The van der Waals surface area contributed by atoms with Crippen LogP contribution in [0.2, 0.25) is 5.02 Å². The number of carbonyl (C=O) groups is 2. The summed E-state index contributed by atoms with van der Waals surface area (Å²) in [6.07, 6.45) is 0.140. The van der Waals surface area contributed by atoms with Crippen molar-refractivity contribution in [3.63, 3.8) is 0 Å². The Morgan fingerprint density at radius 1 is 1.29 bits per heavy atom. The summed E-state index contributed by atoms with van der Waals surface area (Å²) in [6.45, 7) is 4.02. The Labute approximate surface area is 143 Å². The first-order chi connectivity index (χ1) is 11.4. The first kappa shape index (κ1) is 15.5. The lowest BCUT2D eigenvalue weighted by Crippen LogP contribution is -2.38. The minimum atomic E-state index is -0.858. The number of amides is 1. The molecule has 0 bridgehead atoms. The number of nitrogens with one attached hydrogen (secondary N) is 1. The Morgan fingerprint density at radius 2 is 2.08 bits per heavy atom. The van der Waals surface area contributed by atoms with Crippen molar-refractivity contribution in [1.82, 2.24) is 5.32 Å². The summed E-state index contributed by atoms with van der Waals surface area (Å²) in [5.41, 5.74) is 1.66. The second kappa shape index (κ2) is 5.22. The molecular formula is C17H16ClNO5. The van der Waals surface area contributed by atoms with E-state index in [0.29, 0.717) is 28.6 Å². The van der Waals surface area contributed by atoms with Crippen molar-refractivity contribution in [1.29, 1.82) is 0 Å². The van der Waals surface area contributed by atoms with Gasteiger partial charge in [0.2, 0.25) is 5.91 Å². The van der Waals surface area contributed by atoms with Crippen molar-refractivity contribution in [2.75, 3.05) is 6.79 Å². The maximum Gasteiger partial charge on any atom is 0.337 e. The molecule has 0 fully saturated rings. The summed E-state index contributed by atoms with van der Waals surface area (Å²) in [4.78, 5) is 24.7. The number of benzene rings is 1. The second-order valence-electron chi connectivity index (χ2n) is 6.59. The molecule has 1 amide bonds. The number of rotatable bonds is 1. The van der Waals surface area contributed by atoms with E-state index in [2.05, 4.69) is 5.32 Å². The van der Waals surface area contributed by atoms with E-state index in [0.717, 1.165) is 11.1 Å². The zero-order valence-corrected chi connectivity index (χ0v) is 14.0. The molecular weight excluding hydrogens is 334 g/mol. The smallest absolute Gasteiger partial charge is 0.337 e. The van der Waals surface area contributed by atoms with Crippen LogP contribution in [0.4, 0.5) is 0 Å². The van der Waals surface area contributed by atoms with Crippen LogP contribution >= 0.6 is 11.6 Å². The van der Waals surface area contributed by atoms with Crippen LogP contribution in [0.3, 0.4) is 0 Å². The van der Waals surface area contributed by atoms with E-state index in [1.165, 1.54) is 0 Å². The van der Waals surface area contributed by atoms with Crippen molar-refractivity contribution >= 4 is 23.5 Å². The van der Waals surface area contributed by atoms with Gasteiger partial charge in [-0.3, -0.25) is 4.79 Å². The number of cyclic esters (lactones) is 1. The van der Waals surface area contributed by atoms with Gasteiger partial charge in [0.05, 0.1) is 17.9 Å². The molecule has 0 saturated heterocycles. The Kier molecular flexibility index (Phi) is 3.37. The molecule has 24 heavy (non-hydrogen) atoms. The minimum Gasteiger partial charge on any atom is -0.467 e. The molecule has 1 N–H and O–H groups in total. The molecule has 126 valence electrons. The van der Waals surface area contributed by atoms with Gasteiger partial charge in [-0.05, 0) is 26.0 Å². The fourth-order valence-electron chi connectivity index (χ4n) is 3.51. The van der Waals surface area contributed by atoms with Crippen LogP contribution in [-0.2, 0) is 25.7 Å². The van der Waals surface area contributed by atoms with Gasteiger partial charge in [0.25, 0.3) is 0 Å². The molecule has 0 aromatic heterocycles. The number of ether oxygens (including phenoxy) is 3. The Morgan fingerprint density at radius 3 is 2.88 bits per heavy atom. The average molecular weight is 350 g/mol. The Balaban J connectivity index is 1.90. The third-order valence-electron chi connectivity index (χ3n) is 4.52. The summed E-state index contributed by atoms with van der Waals surface area (Å²) in [5.74, 6) is -0.394. The highest BCUT2D eigenvalue weighted by molar-refractivity contribution is 6.30. The predicted molar refractivity (Wildman–Crippen MR) is 84.4 cm³/mol. The van der Waals surface area contributed by atoms with Crippen molar-refractivity contribution in [2.24, 2.45) is 0 Å². The van der Waals surface area contributed by atoms with Crippen LogP contribution in [0.15, 0.2) is 23.4 Å². The van der Waals surface area contributed by atoms with Crippen LogP contribution in [0.1, 0.15) is 37.3 Å². The highest BCUT2D eigenvalue weighted by atomic mass is 35.5. The molecule has 0 spiro atoms. The van der Waals surface area contributed by atoms with Crippen molar-refractivity contribution in [3.05, 3.63) is 39.6 Å². The highest BCUT2D eigenvalue weighted by Gasteiger charge is 2.48. The first-order valence-corrected chi connectivity index (χ1v) is 8.05. The maximum atomic E-state index is 12.4. The van der Waals surface area contributed by atoms with Crippen LogP contribution in [0, 0.1) is 0 Å². The second-order valence-corrected chi connectivity index (χ2v) is 7.02. The van der Waals surface area contributed by atoms with Gasteiger partial charge in [-0.2, -0.15) is 0 Å². The number of carbonyl (C=O) groups excluding carboxylic acids is 2. The van der Waals surface area contributed by atoms with Crippen molar-refractivity contribution < 1.29 is 23.8 Å². The monoisotopic (exact) mass is 349 g/mol. The molecule has 3 heterocycles. The molecule has 0 unspecified atom stereocenters. The van der Waals surface area contributed by atoms with Crippen LogP contribution in [0.25, 0.3) is 0 Å². The van der Waals surface area contributed by atoms with E-state index in [-0.39, 0.29) is 19.1 Å². The fraction of sp³-hybridized carbons (Fsp3) is 0.412. The molecule has 1 aromatic rings. The van der Waals surface area contributed by atoms with Crippen molar-refractivity contribution in [2.45, 2.75) is 38.4 Å². The van der Waals surface area contributed by atoms with Gasteiger partial charge in [-0.15, -0.1) is 0 Å². The maximum absolute atomic E-state index is 12.4. The zero-order chi connectivity index (χ0) is 17.1. The third-order valence-corrected chi connectivity index (χ3v) is 4.74. The van der Waals surface area contributed by atoms with Gasteiger partial charge in [-0.25, -0.2) is 4.79 Å². The van der Waals surface area contributed by atoms with Crippen LogP contribution < -0.4 is 10.1 Å². The average Bonchev–Trinajstić information content (AvgIpc) is 2.75. The lowest BCUT2D eigenvalue weighted by Gasteiger charge is -2.29. The zero-order valence-electron chi connectivity index (χ0n) is 13.3. The van der Waals surface area contributed by atoms with Gasteiger partial charge in [0.15, 0.2) is 6.79 Å². The third kappa shape index (κ3) is 2.29. The molecule has 6 nitrogen and oxygen atoms in total. The molecule has 4 rings (SSSR count). The molecule has 7 heteroatoms. The lowest BCUT2D eigenvalue weighted by atomic mass is 9.81. The summed E-state index contributed by atoms with van der Waals surface area (Å²) in [5, 5.41) is 3.30. The molecule has 3 aliphatic rings. The molecule has 0 radical (unpaired) electrons. The fourth-order valence-corrected chi connectivity index (χ4v) is 3.76. The van der Waals surface area contributed by atoms with Gasteiger partial charge in [0, 0.05) is 28.5 Å². The first-order valence-electron chi connectivity index (χ1n) is 7.67. The van der Waals surface area contributed by atoms with E-state index in [1.807, 2.05) is 0 Å². The summed E-state index contributed by atoms with van der Waals surface area (Å²) in [7, 11) is 0. The van der Waals surface area contributed by atoms with Crippen LogP contribution in [0.5, 0.6) is 5.75 Å². The van der Waals surface area contributed by atoms with E-state index in [1.54, 1.807) is 26.0 Å². The van der Waals surface area contributed by atoms with Crippen molar-refractivity contribution in [3.8, 4) is 5.75 Å². The minimum absolute atomic E-state index is 0.127. The number of halogens is 1. The molecule has 1 aromatic carbocycles. The van der Waals surface area contributed by atoms with E-state index in [9.17, 15) is 9.59 Å². The number of fused-ring (bicyclic) bond motifs is 1. The Bertz CT molecular complexity index is 798. The Hall–Kier alpha value is -2.05. The van der Waals surface area contributed by atoms with Gasteiger partial charge in [0.1, 0.15) is 11.4 Å². The molecule has 3 aliphatic heterocycles. The summed E-state index contributed by atoms with van der Waals surface area (Å²) < 4.78 is 16.4. The van der Waals surface area contributed by atoms with Gasteiger partial charge >= 0.3 is 5.97 Å². The highest BCUT2D eigenvalue weighted by Crippen LogP contribution is 2.47. The SMILES string of the molecule is CC1(C)OC(=O)C2=C1NC(=O)C[C@@H]2c1cc(Cl)cc2c1OCOC2. The standard InChI is InChI=1S/C17H16ClNO5/c1-17(2)15-13(16(21)24-17)10(5-12(20)19-15)11-4-9(18)3-8-6-22-7-23-14(8)11/h3-4,10H,5-7H2,1-2H3,(H,19,20)/t10-/m1/s1. The topological polar surface area (TPSA) is 73.9 Å². The number of esters is 1. The van der Waals surface area contributed by atoms with Gasteiger partial charge in [-0.1, -0.05) is 11.6 Å². The summed E-state index contributed by atoms with van der Waals surface area (Å²) in [6, 6.07) is 3.52. The lowest BCUT2D eigenvalue weighted by molar-refractivity contribution is -0.144. The van der Waals surface area contributed by atoms with E-state index >= 15 is 0 Å². The molecule has 0 saturated carbocycles. The van der Waals surface area contributed by atoms with E-state index < -0.39 is 17.5 Å². The van der Waals surface area contributed by atoms with Crippen LogP contribution in [-0.4, -0.2) is 24.3 Å².